The van der Waals surface area contributed by atoms with Crippen LogP contribution in [-0.4, -0.2) is 24.0 Å². The fourth-order valence-electron chi connectivity index (χ4n) is 1.20. The first-order chi connectivity index (χ1) is 8.34. The molecule has 0 saturated heterocycles. The summed E-state index contributed by atoms with van der Waals surface area (Å²) in [6.45, 7) is 5.32. The summed E-state index contributed by atoms with van der Waals surface area (Å²) >= 11 is 0. The Hall–Kier alpha value is -1.59. The number of amides is 1. The molecule has 0 aliphatic carbocycles. The van der Waals surface area contributed by atoms with E-state index in [1.165, 1.54) is 0 Å². The molecule has 0 fully saturated rings. The molecule has 0 aliphatic heterocycles. The number of ether oxygens (including phenoxy) is 1. The number of nitrogens with one attached hydrogen (secondary N) is 1. The van der Waals surface area contributed by atoms with Crippen LogP contribution in [0, 0.1) is 0 Å². The largest absolute Gasteiger partial charge is 0.462 e. The monoisotopic (exact) mass is 286 g/mol. The van der Waals surface area contributed by atoms with Crippen molar-refractivity contribution in [1.82, 2.24) is 0 Å². The van der Waals surface area contributed by atoms with E-state index in [4.69, 9.17) is 10.5 Å². The molecule has 5 nitrogen and oxygen atoms in total. The second kappa shape index (κ2) is 7.11. The van der Waals surface area contributed by atoms with E-state index in [1.807, 2.05) is 0 Å². The Balaban J connectivity index is 0.00000324. The minimum atomic E-state index is -0.945. The molecule has 0 radical (unpaired) electrons. The van der Waals surface area contributed by atoms with Crippen LogP contribution in [0.15, 0.2) is 24.3 Å². The normalized spacial score (nSPS) is 10.3. The van der Waals surface area contributed by atoms with Crippen LogP contribution in [0.4, 0.5) is 5.69 Å². The SMILES string of the molecule is CCOC(=O)c1ccc(NC(=O)C(C)(C)N)cc1.Cl. The van der Waals surface area contributed by atoms with Gasteiger partial charge < -0.3 is 15.8 Å². The molecule has 0 bridgehead atoms. The molecule has 0 unspecified atom stereocenters. The van der Waals surface area contributed by atoms with Gasteiger partial charge in [0.2, 0.25) is 5.91 Å². The molecule has 0 saturated carbocycles. The second-order valence-corrected chi connectivity index (χ2v) is 4.47. The number of esters is 1. The van der Waals surface area contributed by atoms with Crippen LogP contribution < -0.4 is 11.1 Å². The third-order valence-corrected chi connectivity index (χ3v) is 2.24. The van der Waals surface area contributed by atoms with Gasteiger partial charge in [-0.05, 0) is 45.0 Å². The average Bonchev–Trinajstić information content (AvgIpc) is 2.29. The number of carbonyl (C=O) groups is 2. The van der Waals surface area contributed by atoms with Gasteiger partial charge in [-0.1, -0.05) is 0 Å². The maximum absolute atomic E-state index is 11.6. The molecule has 0 spiro atoms. The van der Waals surface area contributed by atoms with Gasteiger partial charge in [0.1, 0.15) is 0 Å². The van der Waals surface area contributed by atoms with Crippen molar-refractivity contribution >= 4 is 30.0 Å². The summed E-state index contributed by atoms with van der Waals surface area (Å²) in [5.41, 5.74) is 5.75. The first kappa shape index (κ1) is 17.4. The van der Waals surface area contributed by atoms with Crippen LogP contribution in [0.1, 0.15) is 31.1 Å². The zero-order valence-electron chi connectivity index (χ0n) is 11.2. The topological polar surface area (TPSA) is 81.4 Å². The molecule has 0 atom stereocenters. The van der Waals surface area contributed by atoms with E-state index in [1.54, 1.807) is 45.0 Å². The van der Waals surface area contributed by atoms with Gasteiger partial charge in [0.25, 0.3) is 0 Å². The first-order valence-electron chi connectivity index (χ1n) is 5.72. The third kappa shape index (κ3) is 5.28. The molecule has 3 N–H and O–H groups in total. The Morgan fingerprint density at radius 2 is 1.79 bits per heavy atom. The lowest BCUT2D eigenvalue weighted by Gasteiger charge is -2.17. The van der Waals surface area contributed by atoms with Crippen LogP contribution in [-0.2, 0) is 9.53 Å². The van der Waals surface area contributed by atoms with Crippen LogP contribution >= 0.6 is 12.4 Å². The minimum Gasteiger partial charge on any atom is -0.462 e. The van der Waals surface area contributed by atoms with Crippen molar-refractivity contribution in [2.24, 2.45) is 5.73 Å². The lowest BCUT2D eigenvalue weighted by Crippen LogP contribution is -2.45. The van der Waals surface area contributed by atoms with E-state index in [0.717, 1.165) is 0 Å². The maximum atomic E-state index is 11.6. The van der Waals surface area contributed by atoms with Gasteiger partial charge in [0, 0.05) is 5.69 Å². The van der Waals surface area contributed by atoms with E-state index in [0.29, 0.717) is 17.9 Å². The number of hydrogen-bond donors (Lipinski definition) is 2. The molecule has 19 heavy (non-hydrogen) atoms. The van der Waals surface area contributed by atoms with Gasteiger partial charge >= 0.3 is 5.97 Å². The predicted molar refractivity (Wildman–Crippen MR) is 76.5 cm³/mol. The highest BCUT2D eigenvalue weighted by atomic mass is 35.5. The number of rotatable bonds is 4. The van der Waals surface area contributed by atoms with Crippen LogP contribution in [0.3, 0.4) is 0 Å². The zero-order valence-corrected chi connectivity index (χ0v) is 12.0. The van der Waals surface area contributed by atoms with Gasteiger partial charge in [-0.3, -0.25) is 4.79 Å². The van der Waals surface area contributed by atoms with Crippen molar-refractivity contribution in [3.63, 3.8) is 0 Å². The summed E-state index contributed by atoms with van der Waals surface area (Å²) in [4.78, 5) is 23.0. The van der Waals surface area contributed by atoms with Gasteiger partial charge in [-0.25, -0.2) is 4.79 Å². The molecule has 1 aromatic carbocycles. The summed E-state index contributed by atoms with van der Waals surface area (Å²) in [5, 5.41) is 2.66. The van der Waals surface area contributed by atoms with Gasteiger partial charge in [0.05, 0.1) is 17.7 Å². The van der Waals surface area contributed by atoms with Crippen molar-refractivity contribution in [2.75, 3.05) is 11.9 Å². The molecule has 0 heterocycles. The number of carbonyl (C=O) groups excluding carboxylic acids is 2. The van der Waals surface area contributed by atoms with Gasteiger partial charge in [-0.2, -0.15) is 0 Å². The Kier molecular flexibility index (Phi) is 6.52. The Bertz CT molecular complexity index is 438. The molecule has 0 aliphatic rings. The summed E-state index contributed by atoms with van der Waals surface area (Å²) in [6.07, 6.45) is 0. The van der Waals surface area contributed by atoms with Crippen molar-refractivity contribution in [3.05, 3.63) is 29.8 Å². The molecule has 1 rings (SSSR count). The zero-order chi connectivity index (χ0) is 13.8. The Labute approximate surface area is 118 Å². The molecule has 6 heteroatoms. The second-order valence-electron chi connectivity index (χ2n) is 4.47. The van der Waals surface area contributed by atoms with Crippen molar-refractivity contribution in [1.29, 1.82) is 0 Å². The molecule has 1 amide bonds. The molecule has 1 aromatic rings. The lowest BCUT2D eigenvalue weighted by molar-refractivity contribution is -0.120. The minimum absolute atomic E-state index is 0. The summed E-state index contributed by atoms with van der Waals surface area (Å²) in [5.74, 6) is -0.666. The van der Waals surface area contributed by atoms with Gasteiger partial charge in [0.15, 0.2) is 0 Å². The van der Waals surface area contributed by atoms with Gasteiger partial charge in [-0.15, -0.1) is 12.4 Å². The highest BCUT2D eigenvalue weighted by Crippen LogP contribution is 2.12. The van der Waals surface area contributed by atoms with Crippen molar-refractivity contribution in [3.8, 4) is 0 Å². The predicted octanol–water partition coefficient (Wildman–Crippen LogP) is 1.96. The highest BCUT2D eigenvalue weighted by molar-refractivity contribution is 5.97. The summed E-state index contributed by atoms with van der Waals surface area (Å²) in [6, 6.07) is 6.46. The molecule has 106 valence electrons. The lowest BCUT2D eigenvalue weighted by atomic mass is 10.1. The van der Waals surface area contributed by atoms with Crippen LogP contribution in [0.25, 0.3) is 0 Å². The fourth-order valence-corrected chi connectivity index (χ4v) is 1.20. The third-order valence-electron chi connectivity index (χ3n) is 2.24. The first-order valence-corrected chi connectivity index (χ1v) is 5.72. The fraction of sp³-hybridized carbons (Fsp3) is 0.385. The number of hydrogen-bond acceptors (Lipinski definition) is 4. The maximum Gasteiger partial charge on any atom is 0.338 e. The number of anilines is 1. The van der Waals surface area contributed by atoms with E-state index in [2.05, 4.69) is 5.32 Å². The number of nitrogens with two attached hydrogens (primary N) is 1. The van der Waals surface area contributed by atoms with Crippen molar-refractivity contribution < 1.29 is 14.3 Å². The molecule has 0 aromatic heterocycles. The highest BCUT2D eigenvalue weighted by Gasteiger charge is 2.21. The van der Waals surface area contributed by atoms with E-state index in [-0.39, 0.29) is 24.3 Å². The van der Waals surface area contributed by atoms with Crippen molar-refractivity contribution in [2.45, 2.75) is 26.3 Å². The molecular formula is C13H19ClN2O3. The average molecular weight is 287 g/mol. The molecular weight excluding hydrogens is 268 g/mol. The van der Waals surface area contributed by atoms with E-state index >= 15 is 0 Å². The summed E-state index contributed by atoms with van der Waals surface area (Å²) < 4.78 is 4.86. The quantitative estimate of drug-likeness (QED) is 0.829. The number of halogens is 1. The van der Waals surface area contributed by atoms with E-state index in [9.17, 15) is 9.59 Å². The standard InChI is InChI=1S/C13H18N2O3.ClH/c1-4-18-11(16)9-5-7-10(8-6-9)15-12(17)13(2,3)14;/h5-8H,4,14H2,1-3H3,(H,15,17);1H. The van der Waals surface area contributed by atoms with E-state index < -0.39 is 5.54 Å². The Morgan fingerprint density at radius 1 is 1.26 bits per heavy atom. The number of benzene rings is 1. The smallest absolute Gasteiger partial charge is 0.338 e. The Morgan fingerprint density at radius 3 is 2.21 bits per heavy atom. The van der Waals surface area contributed by atoms with Crippen LogP contribution in [0.5, 0.6) is 0 Å². The summed E-state index contributed by atoms with van der Waals surface area (Å²) in [7, 11) is 0. The van der Waals surface area contributed by atoms with Crippen LogP contribution in [0.2, 0.25) is 0 Å².